The highest BCUT2D eigenvalue weighted by Gasteiger charge is 2.36. The summed E-state index contributed by atoms with van der Waals surface area (Å²) in [6.07, 6.45) is 100.0. The van der Waals surface area contributed by atoms with E-state index in [2.05, 4.69) is 13.8 Å². The number of carboxylic acids is 1. The van der Waals surface area contributed by atoms with Crippen LogP contribution in [0.1, 0.15) is 476 Å². The van der Waals surface area contributed by atoms with Crippen LogP contribution in [-0.2, 0) is 4.79 Å². The smallest absolute Gasteiger partial charge is 0.0620 e. The van der Waals surface area contributed by atoms with Crippen molar-refractivity contribution >= 4 is 5.97 Å². The van der Waals surface area contributed by atoms with Crippen molar-refractivity contribution in [3.63, 3.8) is 0 Å². The highest BCUT2D eigenvalue weighted by molar-refractivity contribution is 5.68. The van der Waals surface area contributed by atoms with E-state index in [0.717, 1.165) is 49.4 Å². The first-order chi connectivity index (χ1) is 41.6. The van der Waals surface area contributed by atoms with Gasteiger partial charge in [0, 0.05) is 11.9 Å². The van der Waals surface area contributed by atoms with Crippen LogP contribution in [0.15, 0.2) is 0 Å². The molecule has 0 aromatic heterocycles. The first-order valence-corrected chi connectivity index (χ1v) is 40.5. The van der Waals surface area contributed by atoms with Gasteiger partial charge >= 0.3 is 0 Å². The van der Waals surface area contributed by atoms with Crippen molar-refractivity contribution < 1.29 is 15.0 Å². The van der Waals surface area contributed by atoms with E-state index in [0.29, 0.717) is 12.8 Å². The molecule has 500 valence electrons. The average molecular weight is 1180 g/mol. The number of unbranched alkanes of at least 4 members (excludes halogenated alkanes) is 60. The van der Waals surface area contributed by atoms with Crippen LogP contribution in [0, 0.1) is 29.6 Å². The SMILES string of the molecule is CCCCCCCCCCCCCCCCCCCCCCCC[C@@H](C(=O)[O-])[C@H](O)CCCCCCCCCCCCCCCCCCCC1CC1CCCCCCCCCCC1CC1CCCCCCCCCCCCCCCCCCC. The number of aliphatic hydroxyl groups excluding tert-OH is 1. The third kappa shape index (κ3) is 55.5. The zero-order chi connectivity index (χ0) is 60.0. The van der Waals surface area contributed by atoms with Gasteiger partial charge in [-0.1, -0.05) is 450 Å². The Morgan fingerprint density at radius 2 is 0.417 bits per heavy atom. The standard InChI is InChI=1S/C81H158O3/c1-3-5-7-9-11-13-15-17-19-21-22-23-24-25-29-33-37-41-45-53-59-65-71-79(81(83)84)80(82)72-66-60-54-46-42-38-34-30-26-28-32-36-40-44-50-56-62-68-76-74-78(76)70-64-58-52-48-47-51-57-63-69-77-73-75(77)67-61-55-49-43-39-35-31-27-20-18-16-14-12-10-8-6-4-2/h75-80,82H,3-74H2,1-2H3,(H,83,84)/p-1/t75?,76?,77?,78?,79-,80-/m1/s1. The van der Waals surface area contributed by atoms with Crippen LogP contribution >= 0.6 is 0 Å². The Morgan fingerprint density at radius 1 is 0.262 bits per heavy atom. The second kappa shape index (κ2) is 64.0. The minimum absolute atomic E-state index is 0.573. The largest absolute Gasteiger partial charge is 0.550 e. The van der Waals surface area contributed by atoms with Gasteiger partial charge in [-0.2, -0.15) is 0 Å². The number of aliphatic hydroxyl groups is 1. The Kier molecular flexibility index (Phi) is 60.6. The molecule has 1 N–H and O–H groups in total. The Labute approximate surface area is 530 Å². The van der Waals surface area contributed by atoms with E-state index in [-0.39, 0.29) is 0 Å². The minimum atomic E-state index is -1.05. The summed E-state index contributed by atoms with van der Waals surface area (Å²) >= 11 is 0. The van der Waals surface area contributed by atoms with Gasteiger partial charge in [-0.05, 0) is 49.4 Å². The van der Waals surface area contributed by atoms with Crippen molar-refractivity contribution in [3.05, 3.63) is 0 Å². The molecule has 0 aromatic rings. The number of carbonyl (C=O) groups excluding carboxylic acids is 1. The lowest BCUT2D eigenvalue weighted by molar-refractivity contribution is -0.314. The summed E-state index contributed by atoms with van der Waals surface area (Å²) in [4.78, 5) is 11.9. The molecule has 84 heavy (non-hydrogen) atoms. The lowest BCUT2D eigenvalue weighted by atomic mass is 9.91. The van der Waals surface area contributed by atoms with E-state index in [1.165, 1.54) is 398 Å². The molecule has 0 radical (unpaired) electrons. The van der Waals surface area contributed by atoms with Crippen LogP contribution < -0.4 is 5.11 Å². The highest BCUT2D eigenvalue weighted by atomic mass is 16.4. The van der Waals surface area contributed by atoms with Gasteiger partial charge in [0.1, 0.15) is 0 Å². The summed E-state index contributed by atoms with van der Waals surface area (Å²) < 4.78 is 0. The monoisotopic (exact) mass is 1180 g/mol. The molecule has 0 bridgehead atoms. The van der Waals surface area contributed by atoms with E-state index < -0.39 is 18.0 Å². The summed E-state index contributed by atoms with van der Waals surface area (Å²) in [6, 6.07) is 0. The Balaban J connectivity index is 1.19. The van der Waals surface area contributed by atoms with E-state index in [9.17, 15) is 15.0 Å². The van der Waals surface area contributed by atoms with Crippen molar-refractivity contribution in [2.75, 3.05) is 0 Å². The van der Waals surface area contributed by atoms with E-state index in [1.807, 2.05) is 0 Å². The molecule has 0 aliphatic heterocycles. The first-order valence-electron chi connectivity index (χ1n) is 40.5. The van der Waals surface area contributed by atoms with Crippen LogP contribution in [0.4, 0.5) is 0 Å². The van der Waals surface area contributed by atoms with E-state index in [1.54, 1.807) is 25.7 Å². The summed E-state index contributed by atoms with van der Waals surface area (Å²) in [6.45, 7) is 4.61. The molecule has 2 fully saturated rings. The number of hydrogen-bond donors (Lipinski definition) is 1. The minimum Gasteiger partial charge on any atom is -0.550 e. The third-order valence-electron chi connectivity index (χ3n) is 21.4. The molecule has 2 aliphatic carbocycles. The Bertz CT molecular complexity index is 1280. The molecule has 0 aromatic carbocycles. The van der Waals surface area contributed by atoms with E-state index >= 15 is 0 Å². The molecule has 3 heteroatoms. The molecule has 0 amide bonds. The maximum absolute atomic E-state index is 11.9. The van der Waals surface area contributed by atoms with Crippen LogP contribution in [0.5, 0.6) is 0 Å². The maximum Gasteiger partial charge on any atom is 0.0620 e. The van der Waals surface area contributed by atoms with Gasteiger partial charge in [-0.15, -0.1) is 0 Å². The molecule has 0 saturated heterocycles. The molecule has 3 nitrogen and oxygen atoms in total. The van der Waals surface area contributed by atoms with Gasteiger partial charge in [-0.25, -0.2) is 0 Å². The van der Waals surface area contributed by atoms with Gasteiger partial charge < -0.3 is 15.0 Å². The lowest BCUT2D eigenvalue weighted by Gasteiger charge is -2.24. The van der Waals surface area contributed by atoms with E-state index in [4.69, 9.17) is 0 Å². The molecule has 2 rings (SSSR count). The van der Waals surface area contributed by atoms with Crippen LogP contribution in [0.2, 0.25) is 0 Å². The van der Waals surface area contributed by atoms with Crippen molar-refractivity contribution in [2.24, 2.45) is 29.6 Å². The van der Waals surface area contributed by atoms with Gasteiger partial charge in [-0.3, -0.25) is 0 Å². The van der Waals surface area contributed by atoms with Gasteiger partial charge in [0.15, 0.2) is 0 Å². The van der Waals surface area contributed by atoms with Crippen LogP contribution in [-0.4, -0.2) is 17.2 Å². The zero-order valence-corrected chi connectivity index (χ0v) is 58.1. The Hall–Kier alpha value is -0.570. The quantitative estimate of drug-likeness (QED) is 0.0618. The first kappa shape index (κ1) is 79.5. The predicted molar refractivity (Wildman–Crippen MR) is 372 cm³/mol. The molecule has 2 aliphatic rings. The molecule has 0 heterocycles. The van der Waals surface area contributed by atoms with Gasteiger partial charge in [0.2, 0.25) is 0 Å². The fourth-order valence-electron chi connectivity index (χ4n) is 15.1. The molecular weight excluding hydrogens is 1020 g/mol. The Morgan fingerprint density at radius 3 is 0.595 bits per heavy atom. The summed E-state index contributed by atoms with van der Waals surface area (Å²) in [5, 5.41) is 22.5. The second-order valence-corrected chi connectivity index (χ2v) is 29.7. The lowest BCUT2D eigenvalue weighted by Crippen LogP contribution is -2.38. The fourth-order valence-corrected chi connectivity index (χ4v) is 15.1. The second-order valence-electron chi connectivity index (χ2n) is 29.7. The average Bonchev–Trinajstić information content (AvgIpc) is 4.58. The zero-order valence-electron chi connectivity index (χ0n) is 58.1. The number of rotatable bonds is 74. The molecule has 6 atom stereocenters. The molecule has 0 spiro atoms. The molecule has 2 saturated carbocycles. The normalized spacial score (nSPS) is 17.4. The number of hydrogen-bond acceptors (Lipinski definition) is 3. The number of aliphatic carboxylic acids is 1. The molecule has 4 unspecified atom stereocenters. The topological polar surface area (TPSA) is 60.4 Å². The summed E-state index contributed by atoms with van der Waals surface area (Å²) in [5.41, 5.74) is 0. The molecular formula is C81H157O3-. The van der Waals surface area contributed by atoms with Gasteiger partial charge in [0.05, 0.1) is 6.10 Å². The number of carbonyl (C=O) groups is 1. The van der Waals surface area contributed by atoms with Crippen molar-refractivity contribution in [2.45, 2.75) is 482 Å². The van der Waals surface area contributed by atoms with Crippen LogP contribution in [0.25, 0.3) is 0 Å². The third-order valence-corrected chi connectivity index (χ3v) is 21.4. The van der Waals surface area contributed by atoms with Crippen molar-refractivity contribution in [1.82, 2.24) is 0 Å². The highest BCUT2D eigenvalue weighted by Crippen LogP contribution is 2.47. The summed E-state index contributed by atoms with van der Waals surface area (Å²) in [7, 11) is 0. The maximum atomic E-state index is 11.9. The fraction of sp³-hybridized carbons (Fsp3) is 0.988. The van der Waals surface area contributed by atoms with Crippen LogP contribution in [0.3, 0.4) is 0 Å². The van der Waals surface area contributed by atoms with Crippen molar-refractivity contribution in [1.29, 1.82) is 0 Å². The predicted octanol–water partition coefficient (Wildman–Crippen LogP) is 27.3. The van der Waals surface area contributed by atoms with Crippen molar-refractivity contribution in [3.8, 4) is 0 Å². The number of carboxylic acid groups (broad SMARTS) is 1. The van der Waals surface area contributed by atoms with Gasteiger partial charge in [0.25, 0.3) is 0 Å². The summed E-state index contributed by atoms with van der Waals surface area (Å²) in [5.74, 6) is 2.69.